The lowest BCUT2D eigenvalue weighted by molar-refractivity contribution is -0.757. The van der Waals surface area contributed by atoms with Gasteiger partial charge in [0.1, 0.15) is 6.23 Å². The molecule has 0 aromatic heterocycles. The fraction of sp³-hybridized carbons (Fsp3) is 0.833. The highest BCUT2D eigenvalue weighted by molar-refractivity contribution is 5.75. The fourth-order valence-corrected chi connectivity index (χ4v) is 0.677. The van der Waals surface area contributed by atoms with Gasteiger partial charge in [-0.25, -0.2) is 0 Å². The zero-order valence-corrected chi connectivity index (χ0v) is 7.23. The number of carbonyl (C=O) groups excluding carboxylic acids is 1. The van der Waals surface area contributed by atoms with E-state index >= 15 is 0 Å². The molecule has 0 rings (SSSR count). The van der Waals surface area contributed by atoms with Crippen molar-refractivity contribution in [1.82, 2.24) is 5.32 Å². The van der Waals surface area contributed by atoms with Gasteiger partial charge in [-0.1, -0.05) is 0 Å². The first-order chi connectivity index (χ1) is 6.02. The number of hydrogen-bond donors (Lipinski definition) is 2. The van der Waals surface area contributed by atoms with Crippen molar-refractivity contribution in [1.29, 1.82) is 0 Å². The van der Waals surface area contributed by atoms with Crippen molar-refractivity contribution in [3.05, 3.63) is 10.1 Å². The molecule has 0 spiro atoms. The second-order valence-corrected chi connectivity index (χ2v) is 2.40. The minimum absolute atomic E-state index is 0.0960. The van der Waals surface area contributed by atoms with Crippen LogP contribution in [0.25, 0.3) is 0 Å². The van der Waals surface area contributed by atoms with Crippen LogP contribution in [0.15, 0.2) is 0 Å². The Balaban J connectivity index is 3.32. The van der Waals surface area contributed by atoms with Crippen molar-refractivity contribution in [3.8, 4) is 0 Å². The Morgan fingerprint density at radius 1 is 1.77 bits per heavy atom. The first-order valence-corrected chi connectivity index (χ1v) is 3.77. The molecule has 76 valence electrons. The van der Waals surface area contributed by atoms with Crippen LogP contribution in [0.2, 0.25) is 0 Å². The van der Waals surface area contributed by atoms with Crippen molar-refractivity contribution >= 4 is 5.91 Å². The van der Waals surface area contributed by atoms with Gasteiger partial charge < -0.3 is 15.3 Å². The first kappa shape index (κ1) is 11.6. The van der Waals surface area contributed by atoms with Gasteiger partial charge in [-0.2, -0.15) is 0 Å². The van der Waals surface area contributed by atoms with Crippen LogP contribution < -0.4 is 5.32 Å². The Labute approximate surface area is 74.8 Å². The largest absolute Gasteiger partial charge is 0.374 e. The monoisotopic (exact) mass is 192 g/mol. The van der Waals surface area contributed by atoms with Crippen LogP contribution >= 0.6 is 0 Å². The molecule has 7 nitrogen and oxygen atoms in total. The molecule has 1 unspecified atom stereocenters. The van der Waals surface area contributed by atoms with Crippen LogP contribution in [0.1, 0.15) is 19.8 Å². The van der Waals surface area contributed by atoms with E-state index in [9.17, 15) is 14.9 Å². The summed E-state index contributed by atoms with van der Waals surface area (Å²) in [7, 11) is 0. The minimum Gasteiger partial charge on any atom is -0.374 e. The molecule has 0 saturated heterocycles. The van der Waals surface area contributed by atoms with Crippen LogP contribution in [0.5, 0.6) is 0 Å². The van der Waals surface area contributed by atoms with Crippen LogP contribution in [0.3, 0.4) is 0 Å². The van der Waals surface area contributed by atoms with Gasteiger partial charge in [0.05, 0.1) is 6.61 Å². The Hall–Kier alpha value is -1.37. The Morgan fingerprint density at radius 2 is 2.38 bits per heavy atom. The number of rotatable bonds is 6. The zero-order chi connectivity index (χ0) is 10.3. The summed E-state index contributed by atoms with van der Waals surface area (Å²) in [5, 5.41) is 19.7. The molecular formula is C6H12N2O5. The number of amides is 1. The Kier molecular flexibility index (Phi) is 5.53. The number of carbonyl (C=O) groups is 1. The highest BCUT2D eigenvalue weighted by Gasteiger charge is 2.03. The maximum atomic E-state index is 10.8. The number of hydrogen-bond acceptors (Lipinski definition) is 5. The van der Waals surface area contributed by atoms with E-state index in [1.807, 2.05) is 0 Å². The zero-order valence-electron chi connectivity index (χ0n) is 7.23. The highest BCUT2D eigenvalue weighted by Crippen LogP contribution is 1.91. The molecule has 0 fully saturated rings. The second-order valence-electron chi connectivity index (χ2n) is 2.40. The van der Waals surface area contributed by atoms with E-state index in [4.69, 9.17) is 5.11 Å². The maximum absolute atomic E-state index is 10.8. The number of aliphatic hydroxyl groups is 1. The molecule has 1 atom stereocenters. The normalized spacial score (nSPS) is 11.8. The van der Waals surface area contributed by atoms with E-state index in [1.165, 1.54) is 6.92 Å². The lowest BCUT2D eigenvalue weighted by Gasteiger charge is -2.06. The molecule has 0 aliphatic heterocycles. The molecule has 0 aromatic carbocycles. The van der Waals surface area contributed by atoms with Gasteiger partial charge in [-0.15, -0.1) is 10.1 Å². The van der Waals surface area contributed by atoms with Crippen molar-refractivity contribution in [2.75, 3.05) is 6.61 Å². The quantitative estimate of drug-likeness (QED) is 0.254. The predicted molar refractivity (Wildman–Crippen MR) is 42.0 cm³/mol. The van der Waals surface area contributed by atoms with E-state index in [-0.39, 0.29) is 25.4 Å². The molecule has 0 saturated carbocycles. The van der Waals surface area contributed by atoms with E-state index in [1.54, 1.807) is 0 Å². The van der Waals surface area contributed by atoms with Crippen molar-refractivity contribution in [2.45, 2.75) is 26.0 Å². The Morgan fingerprint density at radius 3 is 2.85 bits per heavy atom. The first-order valence-electron chi connectivity index (χ1n) is 3.77. The number of nitrogens with zero attached hydrogens (tertiary/aromatic N) is 1. The molecule has 7 heteroatoms. The van der Waals surface area contributed by atoms with E-state index in [0.717, 1.165) is 0 Å². The average molecular weight is 192 g/mol. The molecule has 0 heterocycles. The van der Waals surface area contributed by atoms with Crippen molar-refractivity contribution in [3.63, 3.8) is 0 Å². The smallest absolute Gasteiger partial charge is 0.294 e. The summed E-state index contributed by atoms with van der Waals surface area (Å²) in [6.45, 7) is 1.30. The predicted octanol–water partition coefficient (Wildman–Crippen LogP) is -0.571. The summed E-state index contributed by atoms with van der Waals surface area (Å²) < 4.78 is 0. The van der Waals surface area contributed by atoms with Gasteiger partial charge in [-0.3, -0.25) is 4.79 Å². The summed E-state index contributed by atoms with van der Waals surface area (Å²) in [6.07, 6.45) is -0.554. The Bertz CT molecular complexity index is 182. The molecule has 13 heavy (non-hydrogen) atoms. The topological polar surface area (TPSA) is 102 Å². The molecular weight excluding hydrogens is 180 g/mol. The van der Waals surface area contributed by atoms with E-state index in [2.05, 4.69) is 10.2 Å². The van der Waals surface area contributed by atoms with E-state index in [0.29, 0.717) is 0 Å². The average Bonchev–Trinajstić information content (AvgIpc) is 1.96. The summed E-state index contributed by atoms with van der Waals surface area (Å²) >= 11 is 0. The highest BCUT2D eigenvalue weighted by atomic mass is 16.9. The second kappa shape index (κ2) is 6.18. The van der Waals surface area contributed by atoms with Gasteiger partial charge in [-0.05, 0) is 13.3 Å². The molecule has 0 radical (unpaired) electrons. The van der Waals surface area contributed by atoms with Crippen molar-refractivity contribution < 1.29 is 19.8 Å². The van der Waals surface area contributed by atoms with Crippen LogP contribution in [0.4, 0.5) is 0 Å². The van der Waals surface area contributed by atoms with Crippen LogP contribution in [-0.4, -0.2) is 28.9 Å². The van der Waals surface area contributed by atoms with Gasteiger partial charge in [0, 0.05) is 6.42 Å². The van der Waals surface area contributed by atoms with Crippen LogP contribution in [0, 0.1) is 10.1 Å². The van der Waals surface area contributed by atoms with Crippen molar-refractivity contribution in [2.24, 2.45) is 0 Å². The number of aliphatic hydroxyl groups excluding tert-OH is 1. The van der Waals surface area contributed by atoms with Gasteiger partial charge in [0.2, 0.25) is 5.91 Å². The molecule has 2 N–H and O–H groups in total. The summed E-state index contributed by atoms with van der Waals surface area (Å²) in [6, 6.07) is 0. The van der Waals surface area contributed by atoms with E-state index < -0.39 is 11.3 Å². The fourth-order valence-electron chi connectivity index (χ4n) is 0.677. The van der Waals surface area contributed by atoms with Gasteiger partial charge in [0.15, 0.2) is 0 Å². The van der Waals surface area contributed by atoms with Gasteiger partial charge in [0.25, 0.3) is 5.09 Å². The molecule has 0 aliphatic rings. The SMILES string of the molecule is CC(O)NC(=O)CCCO[N+](=O)[O-]. The molecule has 0 aromatic rings. The summed E-state index contributed by atoms with van der Waals surface area (Å²) in [5.41, 5.74) is 0. The third-order valence-electron chi connectivity index (χ3n) is 1.11. The maximum Gasteiger partial charge on any atom is 0.294 e. The minimum atomic E-state index is -0.910. The lowest BCUT2D eigenvalue weighted by atomic mass is 10.3. The standard InChI is InChI=1S/C6H12N2O5/c1-5(9)7-6(10)3-2-4-13-8(11)12/h5,9H,2-4H2,1H3,(H,7,10). The summed E-state index contributed by atoms with van der Waals surface area (Å²) in [4.78, 5) is 24.4. The van der Waals surface area contributed by atoms with Gasteiger partial charge >= 0.3 is 0 Å². The molecule has 1 amide bonds. The van der Waals surface area contributed by atoms with Crippen LogP contribution in [-0.2, 0) is 9.63 Å². The summed E-state index contributed by atoms with van der Waals surface area (Å²) in [5.74, 6) is -0.359. The lowest BCUT2D eigenvalue weighted by Crippen LogP contribution is -2.32. The number of nitrogens with one attached hydrogen (secondary N) is 1. The third-order valence-corrected chi connectivity index (χ3v) is 1.11. The third kappa shape index (κ3) is 8.54. The molecule has 0 bridgehead atoms. The molecule has 0 aliphatic carbocycles.